The maximum absolute atomic E-state index is 12.6. The summed E-state index contributed by atoms with van der Waals surface area (Å²) < 4.78 is 2.19. The van der Waals surface area contributed by atoms with Crippen LogP contribution in [-0.2, 0) is 11.3 Å². The second-order valence-electron chi connectivity index (χ2n) is 7.16. The fourth-order valence-electron chi connectivity index (χ4n) is 2.86. The number of rotatable bonds is 6. The zero-order valence-corrected chi connectivity index (χ0v) is 17.0. The van der Waals surface area contributed by atoms with Gasteiger partial charge in [0.15, 0.2) is 5.16 Å². The summed E-state index contributed by atoms with van der Waals surface area (Å²) in [5.41, 5.74) is 3.89. The first kappa shape index (κ1) is 19.3. The molecule has 8 heteroatoms. The summed E-state index contributed by atoms with van der Waals surface area (Å²) in [6.45, 7) is 11.1. The number of aromatic amines is 2. The lowest BCUT2D eigenvalue weighted by molar-refractivity contribution is -0.115. The molecule has 27 heavy (non-hydrogen) atoms. The fraction of sp³-hybridized carbons (Fsp3) is 0.421. The lowest BCUT2D eigenvalue weighted by Crippen LogP contribution is -2.23. The molecule has 0 radical (unpaired) electrons. The molecule has 0 saturated carbocycles. The lowest BCUT2D eigenvalue weighted by Gasteiger charge is -2.15. The number of thioether (sulfide) groups is 1. The van der Waals surface area contributed by atoms with Gasteiger partial charge in [-0.05, 0) is 44.9 Å². The number of H-pyrrole nitrogens is 2. The average Bonchev–Trinajstić information content (AvgIpc) is 3.08. The highest BCUT2D eigenvalue weighted by molar-refractivity contribution is 8.00. The number of fused-ring (bicyclic) bond motifs is 1. The van der Waals surface area contributed by atoms with Crippen LogP contribution in [0.15, 0.2) is 28.2 Å². The molecule has 2 aromatic heterocycles. The topological polar surface area (TPSA) is 95.6 Å². The van der Waals surface area contributed by atoms with Crippen LogP contribution >= 0.6 is 11.8 Å². The zero-order valence-electron chi connectivity index (χ0n) is 16.2. The minimum absolute atomic E-state index is 0.105. The molecule has 0 spiro atoms. The molecule has 0 aliphatic heterocycles. The molecule has 0 aliphatic rings. The molecule has 2 heterocycles. The van der Waals surface area contributed by atoms with Crippen LogP contribution in [0, 0.1) is 19.8 Å². The molecule has 1 atom stereocenters. The molecule has 0 fully saturated rings. The molecular weight excluding hydrogens is 362 g/mol. The van der Waals surface area contributed by atoms with Crippen LogP contribution in [0.25, 0.3) is 11.0 Å². The highest BCUT2D eigenvalue weighted by Crippen LogP contribution is 2.27. The minimum atomic E-state index is -0.307. The normalized spacial score (nSPS) is 12.7. The summed E-state index contributed by atoms with van der Waals surface area (Å²) >= 11 is 1.46. The number of carbonyl (C=O) groups is 1. The van der Waals surface area contributed by atoms with Gasteiger partial charge in [-0.2, -0.15) is 0 Å². The number of aryl methyl sites for hydroxylation is 1. The van der Waals surface area contributed by atoms with E-state index >= 15 is 0 Å². The molecule has 0 bridgehead atoms. The van der Waals surface area contributed by atoms with Gasteiger partial charge in [-0.1, -0.05) is 25.6 Å². The second-order valence-corrected chi connectivity index (χ2v) is 8.47. The number of aromatic nitrogens is 4. The van der Waals surface area contributed by atoms with Crippen LogP contribution in [0.3, 0.4) is 0 Å². The van der Waals surface area contributed by atoms with E-state index in [4.69, 9.17) is 0 Å². The summed E-state index contributed by atoms with van der Waals surface area (Å²) in [6.07, 6.45) is 0. The van der Waals surface area contributed by atoms with Crippen LogP contribution in [0.5, 0.6) is 0 Å². The van der Waals surface area contributed by atoms with Crippen molar-refractivity contribution in [2.45, 2.75) is 51.6 Å². The molecule has 1 amide bonds. The van der Waals surface area contributed by atoms with E-state index in [1.807, 2.05) is 13.8 Å². The second kappa shape index (κ2) is 7.64. The minimum Gasteiger partial charge on any atom is -0.325 e. The first-order valence-electron chi connectivity index (χ1n) is 8.98. The molecule has 1 aromatic carbocycles. The SMILES string of the molecule is Cc1nc(SC(C)C(=O)Nc2ccc3[nH]c(=O)[nH]c3c2)n(CC(C)C)c1C. The third-order valence-electron chi connectivity index (χ3n) is 4.41. The molecule has 7 nitrogen and oxygen atoms in total. The molecule has 1 unspecified atom stereocenters. The number of hydrogen-bond acceptors (Lipinski definition) is 4. The van der Waals surface area contributed by atoms with Crippen LogP contribution in [-0.4, -0.2) is 30.7 Å². The van der Waals surface area contributed by atoms with Crippen molar-refractivity contribution in [3.05, 3.63) is 40.1 Å². The molecule has 3 aromatic rings. The van der Waals surface area contributed by atoms with Gasteiger partial charge < -0.3 is 19.9 Å². The Hall–Kier alpha value is -2.48. The summed E-state index contributed by atoms with van der Waals surface area (Å²) in [7, 11) is 0. The van der Waals surface area contributed by atoms with Gasteiger partial charge in [-0.3, -0.25) is 4.79 Å². The van der Waals surface area contributed by atoms with Crippen molar-refractivity contribution in [2.24, 2.45) is 5.92 Å². The van der Waals surface area contributed by atoms with E-state index in [1.165, 1.54) is 11.8 Å². The summed E-state index contributed by atoms with van der Waals surface area (Å²) in [6, 6.07) is 5.29. The fourth-order valence-corrected chi connectivity index (χ4v) is 3.87. The Bertz CT molecular complexity index is 1030. The van der Waals surface area contributed by atoms with Crippen molar-refractivity contribution < 1.29 is 4.79 Å². The van der Waals surface area contributed by atoms with Crippen molar-refractivity contribution >= 4 is 34.4 Å². The zero-order chi connectivity index (χ0) is 19.7. The largest absolute Gasteiger partial charge is 0.325 e. The quantitative estimate of drug-likeness (QED) is 0.565. The number of anilines is 1. The van der Waals surface area contributed by atoms with Crippen molar-refractivity contribution in [3.8, 4) is 0 Å². The van der Waals surface area contributed by atoms with E-state index in [0.717, 1.165) is 23.1 Å². The van der Waals surface area contributed by atoms with Gasteiger partial charge >= 0.3 is 5.69 Å². The van der Waals surface area contributed by atoms with Crippen LogP contribution in [0.1, 0.15) is 32.2 Å². The van der Waals surface area contributed by atoms with Crippen molar-refractivity contribution in [1.82, 2.24) is 19.5 Å². The van der Waals surface area contributed by atoms with Gasteiger partial charge in [0.25, 0.3) is 0 Å². The smallest absolute Gasteiger partial charge is 0.323 e. The first-order valence-corrected chi connectivity index (χ1v) is 9.86. The van der Waals surface area contributed by atoms with Crippen molar-refractivity contribution in [1.29, 1.82) is 0 Å². The van der Waals surface area contributed by atoms with E-state index in [1.54, 1.807) is 18.2 Å². The van der Waals surface area contributed by atoms with Gasteiger partial charge in [0.2, 0.25) is 5.91 Å². The Kier molecular flexibility index (Phi) is 5.46. The number of nitrogens with zero attached hydrogens (tertiary/aromatic N) is 2. The Morgan fingerprint density at radius 1 is 1.22 bits per heavy atom. The first-order chi connectivity index (χ1) is 12.7. The van der Waals surface area contributed by atoms with Gasteiger partial charge in [-0.25, -0.2) is 9.78 Å². The predicted octanol–water partition coefficient (Wildman–Crippen LogP) is 3.44. The van der Waals surface area contributed by atoms with Gasteiger partial charge in [0.1, 0.15) is 0 Å². The van der Waals surface area contributed by atoms with Crippen molar-refractivity contribution in [3.63, 3.8) is 0 Å². The number of carbonyl (C=O) groups excluding carboxylic acids is 1. The van der Waals surface area contributed by atoms with Gasteiger partial charge in [0.05, 0.1) is 22.0 Å². The standard InChI is InChI=1S/C19H25N5O2S/c1-10(2)9-24-12(4)11(3)20-19(24)27-13(5)17(25)21-14-6-7-15-16(8-14)23-18(26)22-15/h6-8,10,13H,9H2,1-5H3,(H,21,25)(H2,22,23,26). The summed E-state index contributed by atoms with van der Waals surface area (Å²) in [5.74, 6) is 0.391. The van der Waals surface area contributed by atoms with E-state index in [0.29, 0.717) is 22.6 Å². The number of amides is 1. The highest BCUT2D eigenvalue weighted by atomic mass is 32.2. The number of nitrogens with one attached hydrogen (secondary N) is 3. The third-order valence-corrected chi connectivity index (χ3v) is 5.50. The molecule has 0 aliphatic carbocycles. The van der Waals surface area contributed by atoms with Crippen molar-refractivity contribution in [2.75, 3.05) is 5.32 Å². The average molecular weight is 388 g/mol. The maximum Gasteiger partial charge on any atom is 0.323 e. The molecule has 3 rings (SSSR count). The van der Waals surface area contributed by atoms with E-state index in [2.05, 4.69) is 45.6 Å². The summed E-state index contributed by atoms with van der Waals surface area (Å²) in [5, 5.41) is 3.47. The van der Waals surface area contributed by atoms with E-state index in [9.17, 15) is 9.59 Å². The Morgan fingerprint density at radius 2 is 1.93 bits per heavy atom. The molecular formula is C19H25N5O2S. The maximum atomic E-state index is 12.6. The summed E-state index contributed by atoms with van der Waals surface area (Å²) in [4.78, 5) is 34.0. The van der Waals surface area contributed by atoms with E-state index in [-0.39, 0.29) is 16.8 Å². The number of imidazole rings is 2. The number of benzene rings is 1. The molecule has 0 saturated heterocycles. The lowest BCUT2D eigenvalue weighted by atomic mass is 10.2. The third kappa shape index (κ3) is 4.27. The Labute approximate surface area is 162 Å². The van der Waals surface area contributed by atoms with Crippen LogP contribution in [0.2, 0.25) is 0 Å². The molecule has 144 valence electrons. The van der Waals surface area contributed by atoms with E-state index < -0.39 is 0 Å². The Morgan fingerprint density at radius 3 is 2.63 bits per heavy atom. The van der Waals surface area contributed by atoms with Gasteiger partial charge in [0, 0.05) is 17.9 Å². The van der Waals surface area contributed by atoms with Crippen LogP contribution < -0.4 is 11.0 Å². The predicted molar refractivity (Wildman–Crippen MR) is 109 cm³/mol. The molecule has 3 N–H and O–H groups in total. The number of hydrogen-bond donors (Lipinski definition) is 3. The van der Waals surface area contributed by atoms with Gasteiger partial charge in [-0.15, -0.1) is 0 Å². The highest BCUT2D eigenvalue weighted by Gasteiger charge is 2.20. The Balaban J connectivity index is 1.73. The monoisotopic (exact) mass is 387 g/mol. The van der Waals surface area contributed by atoms with Crippen LogP contribution in [0.4, 0.5) is 5.69 Å².